The molecule has 0 aliphatic heterocycles. The highest BCUT2D eigenvalue weighted by molar-refractivity contribution is 7.45. The van der Waals surface area contributed by atoms with E-state index in [9.17, 15) is 14.3 Å². The van der Waals surface area contributed by atoms with Crippen LogP contribution in [0.4, 0.5) is 0 Å². The third-order valence-corrected chi connectivity index (χ3v) is 9.46. The lowest BCUT2D eigenvalue weighted by molar-refractivity contribution is -0.888. The number of Topliss-reactive ketones (excluding diaryl/α,β-unsaturated/α-hetero) is 1. The van der Waals surface area contributed by atoms with Crippen LogP contribution in [0.5, 0.6) is 5.75 Å². The van der Waals surface area contributed by atoms with E-state index >= 15 is 0 Å². The highest BCUT2D eigenvalue weighted by Gasteiger charge is 2.19. The number of hydrogen-bond donors (Lipinski definition) is 0. The summed E-state index contributed by atoms with van der Waals surface area (Å²) in [5, 5.41) is 0. The quantitative estimate of drug-likeness (QED) is 0.0474. The summed E-state index contributed by atoms with van der Waals surface area (Å²) in [7, 11) is -0.113. The second-order valence-electron chi connectivity index (χ2n) is 13.2. The fourth-order valence-electron chi connectivity index (χ4n) is 5.29. The fourth-order valence-corrected chi connectivity index (χ4v) is 6.11. The molecule has 0 aromatic heterocycles. The maximum absolute atomic E-state index is 12.4. The highest BCUT2D eigenvalue weighted by Crippen LogP contribution is 2.39. The van der Waals surface area contributed by atoms with E-state index in [4.69, 9.17) is 13.8 Å². The monoisotopic (exact) mass is 639 g/mol. The van der Waals surface area contributed by atoms with Gasteiger partial charge in [-0.3, -0.25) is 9.36 Å². The number of hydrogen-bond acceptors (Lipinski definition) is 6. The van der Waals surface area contributed by atoms with E-state index in [2.05, 4.69) is 27.9 Å². The molecule has 1 aromatic carbocycles. The summed E-state index contributed by atoms with van der Waals surface area (Å²) in [4.78, 5) is 24.8. The fraction of sp³-hybridized carbons (Fsp3) is 0.806. The van der Waals surface area contributed by atoms with E-state index in [1.165, 1.54) is 70.6 Å². The van der Waals surface area contributed by atoms with Gasteiger partial charge in [0, 0.05) is 12.8 Å². The minimum Gasteiger partial charge on any atom is -0.756 e. The summed E-state index contributed by atoms with van der Waals surface area (Å²) in [5.41, 5.74) is 1.03. The van der Waals surface area contributed by atoms with Gasteiger partial charge in [-0.15, -0.1) is 0 Å². The number of benzene rings is 1. The third-order valence-electron chi connectivity index (χ3n) is 8.49. The molecule has 256 valence electrons. The van der Waals surface area contributed by atoms with Crippen LogP contribution in [-0.2, 0) is 24.8 Å². The van der Waals surface area contributed by atoms with Gasteiger partial charge < -0.3 is 23.2 Å². The molecule has 7 nitrogen and oxygen atoms in total. The average molecular weight is 640 g/mol. The van der Waals surface area contributed by atoms with E-state index in [0.717, 1.165) is 48.1 Å². The maximum atomic E-state index is 12.4. The van der Waals surface area contributed by atoms with Gasteiger partial charge >= 0.3 is 0 Å². The molecular weight excluding hydrogens is 573 g/mol. The number of phosphoric ester groups is 1. The number of quaternary nitrogens is 1. The SMILES string of the molecule is CCCCCCCCCCCCCCOc1ccc(CC(COP(=O)([O-])OCCCC[N+](C)(C)CC)CC(=O)CCC)cc1. The minimum absolute atomic E-state index is 0.0623. The maximum Gasteiger partial charge on any atom is 0.267 e. The van der Waals surface area contributed by atoms with Crippen molar-refractivity contribution >= 4 is 13.6 Å². The van der Waals surface area contributed by atoms with Crippen molar-refractivity contribution in [3.63, 3.8) is 0 Å². The minimum atomic E-state index is -4.43. The van der Waals surface area contributed by atoms with Crippen molar-refractivity contribution in [1.82, 2.24) is 0 Å². The van der Waals surface area contributed by atoms with Gasteiger partial charge in [0.1, 0.15) is 11.5 Å². The summed E-state index contributed by atoms with van der Waals surface area (Å²) in [6.07, 6.45) is 19.5. The second-order valence-corrected chi connectivity index (χ2v) is 14.6. The van der Waals surface area contributed by atoms with Crippen molar-refractivity contribution in [2.45, 2.75) is 136 Å². The number of rotatable bonds is 30. The molecule has 0 N–H and O–H groups in total. The van der Waals surface area contributed by atoms with E-state index in [0.29, 0.717) is 25.9 Å². The molecule has 0 bridgehead atoms. The van der Waals surface area contributed by atoms with Gasteiger partial charge in [0.05, 0.1) is 47.0 Å². The molecule has 0 heterocycles. The normalized spacial score (nSPS) is 14.0. The Hall–Kier alpha value is -1.24. The van der Waals surface area contributed by atoms with Gasteiger partial charge in [-0.1, -0.05) is 96.6 Å². The molecular formula is C36H66NO6P. The first-order valence-electron chi connectivity index (χ1n) is 17.8. The van der Waals surface area contributed by atoms with Gasteiger partial charge in [-0.05, 0) is 62.6 Å². The number of carbonyl (C=O) groups is 1. The Morgan fingerprint density at radius 2 is 1.34 bits per heavy atom. The van der Waals surface area contributed by atoms with Crippen molar-refractivity contribution in [3.05, 3.63) is 29.8 Å². The Morgan fingerprint density at radius 1 is 0.773 bits per heavy atom. The first-order chi connectivity index (χ1) is 21.1. The number of ether oxygens (including phenoxy) is 1. The van der Waals surface area contributed by atoms with Crippen LogP contribution in [0.1, 0.15) is 135 Å². The smallest absolute Gasteiger partial charge is 0.267 e. The molecule has 1 rings (SSSR count). The second kappa shape index (κ2) is 24.9. The van der Waals surface area contributed by atoms with Crippen molar-refractivity contribution in [2.24, 2.45) is 5.92 Å². The largest absolute Gasteiger partial charge is 0.756 e. The Morgan fingerprint density at radius 3 is 1.91 bits per heavy atom. The van der Waals surface area contributed by atoms with E-state index in [-0.39, 0.29) is 31.3 Å². The predicted molar refractivity (Wildman–Crippen MR) is 181 cm³/mol. The summed E-state index contributed by atoms with van der Waals surface area (Å²) < 4.78 is 29.6. The zero-order valence-corrected chi connectivity index (χ0v) is 29.9. The zero-order valence-electron chi connectivity index (χ0n) is 29.0. The van der Waals surface area contributed by atoms with Crippen molar-refractivity contribution < 1.29 is 32.5 Å². The van der Waals surface area contributed by atoms with Crippen molar-refractivity contribution in [2.75, 3.05) is 47.0 Å². The van der Waals surface area contributed by atoms with Crippen LogP contribution in [0.2, 0.25) is 0 Å². The molecule has 1 aromatic rings. The molecule has 8 heteroatoms. The number of nitrogens with zero attached hydrogens (tertiary/aromatic N) is 1. The highest BCUT2D eigenvalue weighted by atomic mass is 31.2. The molecule has 0 spiro atoms. The Bertz CT molecular complexity index is 891. The lowest BCUT2D eigenvalue weighted by Gasteiger charge is -2.28. The summed E-state index contributed by atoms with van der Waals surface area (Å²) in [6.45, 7) is 9.14. The topological polar surface area (TPSA) is 84.9 Å². The van der Waals surface area contributed by atoms with Gasteiger partial charge in [0.2, 0.25) is 0 Å². The predicted octanol–water partition coefficient (Wildman–Crippen LogP) is 9.06. The molecule has 44 heavy (non-hydrogen) atoms. The number of ketones is 1. The van der Waals surface area contributed by atoms with Crippen LogP contribution >= 0.6 is 7.82 Å². The van der Waals surface area contributed by atoms with Crippen LogP contribution in [-0.4, -0.2) is 57.3 Å². The Labute approximate surface area is 270 Å². The van der Waals surface area contributed by atoms with Crippen LogP contribution in [0.3, 0.4) is 0 Å². The van der Waals surface area contributed by atoms with Gasteiger partial charge in [0.25, 0.3) is 7.82 Å². The molecule has 0 saturated carbocycles. The third kappa shape index (κ3) is 22.3. The molecule has 0 fully saturated rings. The molecule has 2 atom stereocenters. The molecule has 0 aliphatic carbocycles. The van der Waals surface area contributed by atoms with Crippen molar-refractivity contribution in [3.8, 4) is 5.75 Å². The first kappa shape index (κ1) is 40.8. The summed E-state index contributed by atoms with van der Waals surface area (Å²) in [5.74, 6) is 0.724. The summed E-state index contributed by atoms with van der Waals surface area (Å²) >= 11 is 0. The van der Waals surface area contributed by atoms with Crippen LogP contribution < -0.4 is 9.63 Å². The van der Waals surface area contributed by atoms with E-state index in [1.807, 2.05) is 31.2 Å². The number of unbranched alkanes of at least 4 members (excludes halogenated alkanes) is 12. The van der Waals surface area contributed by atoms with Crippen molar-refractivity contribution in [1.29, 1.82) is 0 Å². The average Bonchev–Trinajstić information content (AvgIpc) is 2.99. The van der Waals surface area contributed by atoms with Crippen LogP contribution in [0, 0.1) is 5.92 Å². The number of carbonyl (C=O) groups excluding carboxylic acids is 1. The van der Waals surface area contributed by atoms with Gasteiger partial charge in [-0.25, -0.2) is 0 Å². The zero-order chi connectivity index (χ0) is 32.5. The van der Waals surface area contributed by atoms with Crippen LogP contribution in [0.25, 0.3) is 0 Å². The first-order valence-corrected chi connectivity index (χ1v) is 19.2. The number of phosphoric acid groups is 1. The standard InChI is InChI=1S/C36H66NO6P/c1-6-9-10-11-12-13-14-15-16-17-18-20-28-41-36-25-23-33(24-26-36)30-34(31-35(38)22-7-2)32-43-44(39,40)42-29-21-19-27-37(4,5)8-3/h23-26,34H,6-22,27-32H2,1-5H3. The van der Waals surface area contributed by atoms with E-state index in [1.54, 1.807) is 0 Å². The Kier molecular flexibility index (Phi) is 23.1. The molecule has 2 unspecified atom stereocenters. The molecule has 0 radical (unpaired) electrons. The van der Waals surface area contributed by atoms with Gasteiger partial charge in [0.15, 0.2) is 0 Å². The van der Waals surface area contributed by atoms with Crippen LogP contribution in [0.15, 0.2) is 24.3 Å². The van der Waals surface area contributed by atoms with E-state index < -0.39 is 7.82 Å². The lowest BCUT2D eigenvalue weighted by atomic mass is 9.94. The lowest BCUT2D eigenvalue weighted by Crippen LogP contribution is -2.40. The molecule has 0 amide bonds. The molecule has 0 aliphatic rings. The summed E-state index contributed by atoms with van der Waals surface area (Å²) in [6, 6.07) is 7.92. The molecule has 0 saturated heterocycles. The van der Waals surface area contributed by atoms with Gasteiger partial charge in [-0.2, -0.15) is 0 Å². The Balaban J connectivity index is 2.37.